The number of hydrogen-bond donors (Lipinski definition) is 0. The summed E-state index contributed by atoms with van der Waals surface area (Å²) in [5, 5.41) is 0. The van der Waals surface area contributed by atoms with Crippen LogP contribution in [0.4, 0.5) is 13.2 Å². The molecule has 1 unspecified atom stereocenters. The molecule has 0 spiro atoms. The summed E-state index contributed by atoms with van der Waals surface area (Å²) in [4.78, 5) is 6.37. The summed E-state index contributed by atoms with van der Waals surface area (Å²) in [5.41, 5.74) is 1.57. The molecule has 4 nitrogen and oxygen atoms in total. The van der Waals surface area contributed by atoms with Crippen molar-refractivity contribution in [1.29, 1.82) is 0 Å². The summed E-state index contributed by atoms with van der Waals surface area (Å²) in [6.07, 6.45) is -2.46. The average molecular weight is 380 g/mol. The Balaban J connectivity index is 1.87. The molecular formula is C20H23F3N2O2. The van der Waals surface area contributed by atoms with Crippen molar-refractivity contribution in [1.82, 2.24) is 9.88 Å². The van der Waals surface area contributed by atoms with Crippen LogP contribution in [-0.4, -0.2) is 36.8 Å². The molecule has 146 valence electrons. The number of aromatic nitrogens is 1. The summed E-state index contributed by atoms with van der Waals surface area (Å²) >= 11 is 0. The van der Waals surface area contributed by atoms with Gasteiger partial charge in [-0.15, -0.1) is 0 Å². The Hall–Kier alpha value is -2.28. The molecular weight excluding hydrogens is 357 g/mol. The fraction of sp³-hybridized carbons (Fsp3) is 0.450. The molecule has 1 fully saturated rings. The van der Waals surface area contributed by atoms with Gasteiger partial charge in [0, 0.05) is 24.4 Å². The van der Waals surface area contributed by atoms with E-state index in [2.05, 4.69) is 9.88 Å². The minimum Gasteiger partial charge on any atom is -0.497 e. The normalized spacial score (nSPS) is 21.1. The third kappa shape index (κ3) is 4.53. The molecule has 2 heterocycles. The van der Waals surface area contributed by atoms with Crippen molar-refractivity contribution in [3.8, 4) is 11.5 Å². The molecule has 1 saturated heterocycles. The van der Waals surface area contributed by atoms with E-state index in [0.29, 0.717) is 30.3 Å². The fourth-order valence-corrected chi connectivity index (χ4v) is 3.58. The number of halogens is 3. The molecule has 0 aliphatic carbocycles. The Kier molecular flexibility index (Phi) is 5.89. The van der Waals surface area contributed by atoms with E-state index in [9.17, 15) is 13.2 Å². The molecule has 2 atom stereocenters. The molecule has 0 amide bonds. The Morgan fingerprint density at radius 3 is 2.59 bits per heavy atom. The number of rotatable bonds is 5. The van der Waals surface area contributed by atoms with Crippen LogP contribution in [0.15, 0.2) is 42.6 Å². The highest BCUT2D eigenvalue weighted by Gasteiger charge is 2.44. The minimum absolute atomic E-state index is 0.0129. The zero-order valence-electron chi connectivity index (χ0n) is 15.4. The van der Waals surface area contributed by atoms with Crippen LogP contribution < -0.4 is 9.47 Å². The van der Waals surface area contributed by atoms with Crippen molar-refractivity contribution in [3.63, 3.8) is 0 Å². The molecule has 27 heavy (non-hydrogen) atoms. The SMILES string of the molecule is COc1ccc(CN2CCC(C(F)(F)F)C[C@@H]2c2ccccn2)c(OC)c1. The standard InChI is InChI=1S/C20H23F3N2O2/c1-26-16-7-6-14(19(12-16)27-2)13-25-10-8-15(20(21,22)23)11-18(25)17-5-3-4-9-24-17/h3-7,9,12,15,18H,8,10-11,13H2,1-2H3/t15?,18-/m1/s1. The smallest absolute Gasteiger partial charge is 0.391 e. The molecule has 0 N–H and O–H groups in total. The fourth-order valence-electron chi connectivity index (χ4n) is 3.58. The maximum Gasteiger partial charge on any atom is 0.391 e. The maximum atomic E-state index is 13.3. The summed E-state index contributed by atoms with van der Waals surface area (Å²) in [6, 6.07) is 10.5. The predicted octanol–water partition coefficient (Wildman–Crippen LogP) is 4.61. The highest BCUT2D eigenvalue weighted by atomic mass is 19.4. The quantitative estimate of drug-likeness (QED) is 0.759. The molecule has 0 bridgehead atoms. The van der Waals surface area contributed by atoms with Crippen LogP contribution in [0.3, 0.4) is 0 Å². The van der Waals surface area contributed by atoms with Gasteiger partial charge < -0.3 is 9.47 Å². The number of alkyl halides is 3. The van der Waals surface area contributed by atoms with Gasteiger partial charge in [0.05, 0.1) is 31.9 Å². The first-order chi connectivity index (χ1) is 12.9. The summed E-state index contributed by atoms with van der Waals surface area (Å²) < 4.78 is 50.6. The summed E-state index contributed by atoms with van der Waals surface area (Å²) in [6.45, 7) is 0.833. The third-order valence-corrected chi connectivity index (χ3v) is 5.07. The van der Waals surface area contributed by atoms with E-state index in [1.165, 1.54) is 0 Å². The largest absolute Gasteiger partial charge is 0.497 e. The molecule has 2 aromatic rings. The van der Waals surface area contributed by atoms with E-state index in [1.807, 2.05) is 18.2 Å². The number of ether oxygens (including phenoxy) is 2. The van der Waals surface area contributed by atoms with Crippen molar-refractivity contribution in [3.05, 3.63) is 53.9 Å². The van der Waals surface area contributed by atoms with Crippen LogP contribution in [0.1, 0.15) is 30.1 Å². The number of pyridine rings is 1. The van der Waals surface area contributed by atoms with Crippen molar-refractivity contribution < 1.29 is 22.6 Å². The Morgan fingerprint density at radius 1 is 1.15 bits per heavy atom. The number of benzene rings is 1. The van der Waals surface area contributed by atoms with Crippen molar-refractivity contribution in [2.24, 2.45) is 5.92 Å². The minimum atomic E-state index is -4.18. The Bertz CT molecular complexity index is 753. The molecule has 3 rings (SSSR count). The maximum absolute atomic E-state index is 13.3. The number of likely N-dealkylation sites (tertiary alicyclic amines) is 1. The summed E-state index contributed by atoms with van der Waals surface area (Å²) in [7, 11) is 3.15. The second kappa shape index (κ2) is 8.17. The van der Waals surface area contributed by atoms with Crippen LogP contribution >= 0.6 is 0 Å². The van der Waals surface area contributed by atoms with Gasteiger partial charge in [-0.25, -0.2) is 0 Å². The van der Waals surface area contributed by atoms with Gasteiger partial charge in [0.2, 0.25) is 0 Å². The monoisotopic (exact) mass is 380 g/mol. The van der Waals surface area contributed by atoms with Gasteiger partial charge in [0.1, 0.15) is 11.5 Å². The van der Waals surface area contributed by atoms with Gasteiger partial charge in [-0.05, 0) is 37.6 Å². The lowest BCUT2D eigenvalue weighted by atomic mass is 9.88. The molecule has 1 aromatic carbocycles. The van der Waals surface area contributed by atoms with Gasteiger partial charge in [-0.1, -0.05) is 12.1 Å². The molecule has 7 heteroatoms. The van der Waals surface area contributed by atoms with Gasteiger partial charge in [-0.2, -0.15) is 13.2 Å². The number of piperidine rings is 1. The molecule has 0 saturated carbocycles. The van der Waals surface area contributed by atoms with E-state index in [4.69, 9.17) is 9.47 Å². The van der Waals surface area contributed by atoms with E-state index in [0.717, 1.165) is 5.56 Å². The number of nitrogens with zero attached hydrogens (tertiary/aromatic N) is 2. The third-order valence-electron chi connectivity index (χ3n) is 5.07. The van der Waals surface area contributed by atoms with Crippen LogP contribution in [-0.2, 0) is 6.54 Å². The van der Waals surface area contributed by atoms with Crippen molar-refractivity contribution in [2.75, 3.05) is 20.8 Å². The highest BCUT2D eigenvalue weighted by Crippen LogP contribution is 2.42. The molecule has 1 aromatic heterocycles. The molecule has 1 aliphatic rings. The number of hydrogen-bond acceptors (Lipinski definition) is 4. The topological polar surface area (TPSA) is 34.6 Å². The lowest BCUT2D eigenvalue weighted by Crippen LogP contribution is -2.41. The second-order valence-electron chi connectivity index (χ2n) is 6.68. The Morgan fingerprint density at radius 2 is 1.96 bits per heavy atom. The van der Waals surface area contributed by atoms with Crippen LogP contribution in [0.25, 0.3) is 0 Å². The predicted molar refractivity (Wildman–Crippen MR) is 95.7 cm³/mol. The van der Waals surface area contributed by atoms with E-state index < -0.39 is 18.1 Å². The van der Waals surface area contributed by atoms with Crippen molar-refractivity contribution >= 4 is 0 Å². The van der Waals surface area contributed by atoms with Crippen molar-refractivity contribution in [2.45, 2.75) is 31.6 Å². The first-order valence-corrected chi connectivity index (χ1v) is 8.85. The van der Waals surface area contributed by atoms with Gasteiger partial charge in [-0.3, -0.25) is 9.88 Å². The zero-order valence-corrected chi connectivity index (χ0v) is 15.4. The first-order valence-electron chi connectivity index (χ1n) is 8.85. The lowest BCUT2D eigenvalue weighted by molar-refractivity contribution is -0.190. The van der Waals surface area contributed by atoms with E-state index in [-0.39, 0.29) is 12.8 Å². The van der Waals surface area contributed by atoms with Crippen LogP contribution in [0.5, 0.6) is 11.5 Å². The van der Waals surface area contributed by atoms with Gasteiger partial charge in [0.25, 0.3) is 0 Å². The van der Waals surface area contributed by atoms with Gasteiger partial charge >= 0.3 is 6.18 Å². The second-order valence-corrected chi connectivity index (χ2v) is 6.68. The lowest BCUT2D eigenvalue weighted by Gasteiger charge is -2.40. The number of methoxy groups -OCH3 is 2. The molecule has 0 radical (unpaired) electrons. The van der Waals surface area contributed by atoms with Gasteiger partial charge in [0.15, 0.2) is 0 Å². The molecule has 1 aliphatic heterocycles. The average Bonchev–Trinajstić information content (AvgIpc) is 2.68. The highest BCUT2D eigenvalue weighted by molar-refractivity contribution is 5.40. The Labute approximate surface area is 156 Å². The van der Waals surface area contributed by atoms with E-state index in [1.54, 1.807) is 38.6 Å². The van der Waals surface area contributed by atoms with Crippen LogP contribution in [0, 0.1) is 5.92 Å². The van der Waals surface area contributed by atoms with Crippen LogP contribution in [0.2, 0.25) is 0 Å². The first kappa shape index (κ1) is 19.5. The van der Waals surface area contributed by atoms with E-state index >= 15 is 0 Å². The summed E-state index contributed by atoms with van der Waals surface area (Å²) in [5.74, 6) is 0.0261. The zero-order chi connectivity index (χ0) is 19.4.